The van der Waals surface area contributed by atoms with Crippen molar-refractivity contribution in [3.05, 3.63) is 76.8 Å². The molecule has 0 amide bonds. The van der Waals surface area contributed by atoms with Gasteiger partial charge in [-0.2, -0.15) is 0 Å². The first-order chi connectivity index (χ1) is 13.8. The number of rotatable bonds is 4. The molecule has 0 fully saturated rings. The lowest BCUT2D eigenvalue weighted by atomic mass is 9.96. The van der Waals surface area contributed by atoms with Crippen LogP contribution in [0.1, 0.15) is 27.2 Å². The number of carbonyl (C=O) groups excluding carboxylic acids is 1. The van der Waals surface area contributed by atoms with Gasteiger partial charge in [0, 0.05) is 41.8 Å². The number of hydrogen-bond donors (Lipinski definition) is 1. The van der Waals surface area contributed by atoms with Crippen LogP contribution in [0.25, 0.3) is 21.3 Å². The van der Waals surface area contributed by atoms with Crippen molar-refractivity contribution in [3.63, 3.8) is 0 Å². The Hall–Kier alpha value is -2.96. The maximum Gasteiger partial charge on any atom is 0.168 e. The van der Waals surface area contributed by atoms with Crippen LogP contribution in [0.2, 0.25) is 0 Å². The van der Waals surface area contributed by atoms with Gasteiger partial charge in [-0.15, -0.1) is 11.3 Å². The molecule has 0 aliphatic carbocycles. The van der Waals surface area contributed by atoms with Gasteiger partial charge in [0.05, 0.1) is 22.5 Å². The fourth-order valence-corrected chi connectivity index (χ4v) is 4.17. The minimum Gasteiger partial charge on any atom is -0.312 e. The highest BCUT2D eigenvalue weighted by Gasteiger charge is 2.14. The maximum absolute atomic E-state index is 12.8. The average molecular weight is 386 g/mol. The van der Waals surface area contributed by atoms with Crippen LogP contribution in [0.5, 0.6) is 0 Å². The van der Waals surface area contributed by atoms with E-state index in [0.29, 0.717) is 6.42 Å². The summed E-state index contributed by atoms with van der Waals surface area (Å²) < 4.78 is 0. The molecule has 1 N–H and O–H groups in total. The third kappa shape index (κ3) is 3.32. The first-order valence-corrected chi connectivity index (χ1v) is 10.1. The van der Waals surface area contributed by atoms with Crippen LogP contribution in [-0.2, 0) is 19.4 Å². The molecule has 0 spiro atoms. The van der Waals surface area contributed by atoms with Gasteiger partial charge in [-0.05, 0) is 47.7 Å². The Labute approximate surface area is 166 Å². The second-order valence-corrected chi connectivity index (χ2v) is 7.85. The van der Waals surface area contributed by atoms with Crippen molar-refractivity contribution in [1.29, 1.82) is 0 Å². The Morgan fingerprint density at radius 2 is 1.96 bits per heavy atom. The second-order valence-electron chi connectivity index (χ2n) is 6.97. The first-order valence-electron chi connectivity index (χ1n) is 9.25. The van der Waals surface area contributed by atoms with Crippen molar-refractivity contribution in [2.75, 3.05) is 6.54 Å². The van der Waals surface area contributed by atoms with Gasteiger partial charge < -0.3 is 5.32 Å². The minimum absolute atomic E-state index is 0.0944. The van der Waals surface area contributed by atoms with Gasteiger partial charge in [0.25, 0.3) is 0 Å². The molecule has 0 unspecified atom stereocenters. The predicted molar refractivity (Wildman–Crippen MR) is 111 cm³/mol. The molecular weight excluding hydrogens is 368 g/mol. The minimum atomic E-state index is 0.0944. The number of ketones is 1. The van der Waals surface area contributed by atoms with Crippen LogP contribution < -0.4 is 5.32 Å². The highest BCUT2D eigenvalue weighted by molar-refractivity contribution is 7.13. The van der Waals surface area contributed by atoms with Crippen LogP contribution in [-0.4, -0.2) is 27.3 Å². The maximum atomic E-state index is 12.8. The van der Waals surface area contributed by atoms with Crippen LogP contribution in [0.4, 0.5) is 0 Å². The van der Waals surface area contributed by atoms with E-state index in [9.17, 15) is 4.79 Å². The van der Waals surface area contributed by atoms with E-state index in [0.717, 1.165) is 52.1 Å². The fraction of sp³-hybridized carbons (Fsp3) is 0.182. The van der Waals surface area contributed by atoms with Crippen LogP contribution in [0.3, 0.4) is 0 Å². The highest BCUT2D eigenvalue weighted by Crippen LogP contribution is 2.25. The van der Waals surface area contributed by atoms with Crippen LogP contribution in [0.15, 0.2) is 54.4 Å². The third-order valence-electron chi connectivity index (χ3n) is 5.10. The fourth-order valence-electron chi connectivity index (χ4n) is 3.58. The second kappa shape index (κ2) is 7.22. The number of hydrogen-bond acceptors (Lipinski definition) is 6. The normalized spacial score (nSPS) is 13.4. The van der Waals surface area contributed by atoms with Gasteiger partial charge in [0.2, 0.25) is 0 Å². The molecule has 0 atom stereocenters. The molecule has 0 radical (unpaired) electrons. The molecule has 4 aromatic rings. The van der Waals surface area contributed by atoms with Gasteiger partial charge in [-0.1, -0.05) is 12.1 Å². The Bertz CT molecular complexity index is 1170. The molecule has 5 rings (SSSR count). The number of aromatic nitrogens is 3. The summed E-state index contributed by atoms with van der Waals surface area (Å²) in [6.45, 7) is 1.83. The van der Waals surface area contributed by atoms with Crippen molar-refractivity contribution in [1.82, 2.24) is 20.3 Å². The van der Waals surface area contributed by atoms with Crippen molar-refractivity contribution in [3.8, 4) is 10.6 Å². The predicted octanol–water partition coefficient (Wildman–Crippen LogP) is 3.82. The third-order valence-corrected chi connectivity index (χ3v) is 5.90. The van der Waals surface area contributed by atoms with Crippen molar-refractivity contribution >= 4 is 27.9 Å². The van der Waals surface area contributed by atoms with Gasteiger partial charge in [0.15, 0.2) is 5.78 Å². The number of thiazole rings is 1. The molecule has 0 saturated carbocycles. The number of pyridine rings is 2. The van der Waals surface area contributed by atoms with Crippen LogP contribution >= 0.6 is 11.3 Å². The largest absolute Gasteiger partial charge is 0.312 e. The van der Waals surface area contributed by atoms with Gasteiger partial charge >= 0.3 is 0 Å². The zero-order chi connectivity index (χ0) is 18.9. The first kappa shape index (κ1) is 17.2. The summed E-state index contributed by atoms with van der Waals surface area (Å²) >= 11 is 1.56. The Kier molecular flexibility index (Phi) is 4.43. The summed E-state index contributed by atoms with van der Waals surface area (Å²) in [6, 6.07) is 10.1. The molecule has 5 nitrogen and oxygen atoms in total. The molecular formula is C22H18N4OS. The van der Waals surface area contributed by atoms with Crippen molar-refractivity contribution in [2.45, 2.75) is 19.4 Å². The lowest BCUT2D eigenvalue weighted by Gasteiger charge is -2.17. The molecule has 1 aliphatic rings. The van der Waals surface area contributed by atoms with E-state index >= 15 is 0 Å². The molecule has 28 heavy (non-hydrogen) atoms. The van der Waals surface area contributed by atoms with E-state index in [1.807, 2.05) is 36.7 Å². The smallest absolute Gasteiger partial charge is 0.168 e. The summed E-state index contributed by atoms with van der Waals surface area (Å²) in [5.41, 5.74) is 6.78. The van der Waals surface area contributed by atoms with E-state index in [2.05, 4.69) is 26.3 Å². The number of nitrogens with one attached hydrogen (secondary N) is 1. The number of nitrogens with zero attached hydrogens (tertiary/aromatic N) is 3. The van der Waals surface area contributed by atoms with E-state index in [1.54, 1.807) is 23.0 Å². The molecule has 0 bridgehead atoms. The van der Waals surface area contributed by atoms with Crippen LogP contribution in [0, 0.1) is 0 Å². The van der Waals surface area contributed by atoms with Crippen molar-refractivity contribution in [2.24, 2.45) is 0 Å². The molecule has 4 heterocycles. The SMILES string of the molecule is O=C(Cc1cc2cc(-c3cncs3)ncc2cn1)c1ccc2c(c1)CNCC2. The number of carbonyl (C=O) groups is 1. The number of Topliss-reactive ketones (excluding diaryl/α,β-unsaturated/α-hetero) is 1. The molecule has 138 valence electrons. The van der Waals surface area contributed by atoms with E-state index in [-0.39, 0.29) is 5.78 Å². The summed E-state index contributed by atoms with van der Waals surface area (Å²) in [5.74, 6) is 0.0944. The lowest BCUT2D eigenvalue weighted by Crippen LogP contribution is -2.24. The lowest BCUT2D eigenvalue weighted by molar-refractivity contribution is 0.0992. The molecule has 0 saturated heterocycles. The Balaban J connectivity index is 1.42. The quantitative estimate of drug-likeness (QED) is 0.540. The Morgan fingerprint density at radius 1 is 1.04 bits per heavy atom. The number of benzene rings is 1. The van der Waals surface area contributed by atoms with Crippen molar-refractivity contribution < 1.29 is 4.79 Å². The monoisotopic (exact) mass is 386 g/mol. The average Bonchev–Trinajstić information content (AvgIpc) is 3.28. The van der Waals surface area contributed by atoms with E-state index < -0.39 is 0 Å². The molecule has 1 aliphatic heterocycles. The van der Waals surface area contributed by atoms with E-state index in [4.69, 9.17) is 0 Å². The Morgan fingerprint density at radius 3 is 2.86 bits per heavy atom. The zero-order valence-corrected chi connectivity index (χ0v) is 16.0. The molecule has 6 heteroatoms. The summed E-state index contributed by atoms with van der Waals surface area (Å²) in [6.07, 6.45) is 6.74. The zero-order valence-electron chi connectivity index (χ0n) is 15.2. The summed E-state index contributed by atoms with van der Waals surface area (Å²) in [5, 5.41) is 5.36. The summed E-state index contributed by atoms with van der Waals surface area (Å²) in [7, 11) is 0. The highest BCUT2D eigenvalue weighted by atomic mass is 32.1. The molecule has 1 aromatic carbocycles. The topological polar surface area (TPSA) is 67.8 Å². The standard InChI is InChI=1S/C22H18N4OS/c27-21(15-2-1-14-3-4-23-9-17(14)5-15)8-19-6-16-7-20(22-12-24-13-28-22)26-11-18(16)10-25-19/h1-2,5-7,10-13,23H,3-4,8-9H2. The van der Waals surface area contributed by atoms with Gasteiger partial charge in [0.1, 0.15) is 0 Å². The van der Waals surface area contributed by atoms with Gasteiger partial charge in [-0.25, -0.2) is 0 Å². The van der Waals surface area contributed by atoms with Gasteiger partial charge in [-0.3, -0.25) is 19.7 Å². The number of fused-ring (bicyclic) bond motifs is 2. The summed E-state index contributed by atoms with van der Waals surface area (Å²) in [4.78, 5) is 26.9. The molecule has 3 aromatic heterocycles. The van der Waals surface area contributed by atoms with E-state index in [1.165, 1.54) is 11.1 Å².